The molecule has 0 saturated carbocycles. The molecule has 6 nitrogen and oxygen atoms in total. The van der Waals surface area contributed by atoms with Crippen LogP contribution in [0, 0.1) is 25.6 Å². The fourth-order valence-electron chi connectivity index (χ4n) is 4.15. The molecule has 3 amide bonds. The molecule has 1 fully saturated rings. The molecule has 1 saturated heterocycles. The minimum Gasteiger partial charge on any atom is -0.338 e. The van der Waals surface area contributed by atoms with E-state index in [1.54, 1.807) is 19.1 Å². The number of amides is 3. The number of hydrogen-bond donors (Lipinski definition) is 2. The second-order valence-electron chi connectivity index (χ2n) is 8.43. The molecule has 1 aliphatic rings. The second kappa shape index (κ2) is 9.34. The maximum atomic E-state index is 13.6. The number of halogens is 1. The molecular formula is C25H27FN4O2. The topological polar surface area (TPSA) is 74.3 Å². The van der Waals surface area contributed by atoms with E-state index in [1.807, 2.05) is 36.1 Å². The monoisotopic (exact) mass is 434 g/mol. The Labute approximate surface area is 186 Å². The lowest BCUT2D eigenvalue weighted by Crippen LogP contribution is -2.44. The van der Waals surface area contributed by atoms with Gasteiger partial charge in [0.05, 0.1) is 11.1 Å². The number of aromatic nitrogens is 1. The van der Waals surface area contributed by atoms with Crippen LogP contribution < -0.4 is 10.6 Å². The first-order valence-electron chi connectivity index (χ1n) is 10.9. The van der Waals surface area contributed by atoms with Crippen molar-refractivity contribution in [1.29, 1.82) is 0 Å². The van der Waals surface area contributed by atoms with Crippen molar-refractivity contribution in [1.82, 2.24) is 15.2 Å². The summed E-state index contributed by atoms with van der Waals surface area (Å²) in [5, 5.41) is 6.40. The highest BCUT2D eigenvalue weighted by molar-refractivity contribution is 6.06. The third kappa shape index (κ3) is 5.04. The number of rotatable bonds is 4. The van der Waals surface area contributed by atoms with Crippen molar-refractivity contribution < 1.29 is 14.0 Å². The van der Waals surface area contributed by atoms with Gasteiger partial charge in [-0.1, -0.05) is 17.7 Å². The Morgan fingerprint density at radius 1 is 1.12 bits per heavy atom. The number of hydrogen-bond acceptors (Lipinski definition) is 3. The molecule has 2 heterocycles. The van der Waals surface area contributed by atoms with Crippen molar-refractivity contribution >= 4 is 28.5 Å². The number of carbonyl (C=O) groups is 2. The number of piperidine rings is 1. The Morgan fingerprint density at radius 3 is 2.69 bits per heavy atom. The summed E-state index contributed by atoms with van der Waals surface area (Å²) in [6, 6.07) is 13.4. The second-order valence-corrected chi connectivity index (χ2v) is 8.43. The van der Waals surface area contributed by atoms with Crippen molar-refractivity contribution in [2.75, 3.05) is 25.0 Å². The fraction of sp³-hybridized carbons (Fsp3) is 0.320. The highest BCUT2D eigenvalue weighted by Crippen LogP contribution is 2.24. The van der Waals surface area contributed by atoms with Crippen LogP contribution >= 0.6 is 0 Å². The van der Waals surface area contributed by atoms with E-state index in [1.165, 1.54) is 12.1 Å². The first kappa shape index (κ1) is 21.7. The van der Waals surface area contributed by atoms with Crippen molar-refractivity contribution in [2.45, 2.75) is 26.7 Å². The third-order valence-corrected chi connectivity index (χ3v) is 5.80. The lowest BCUT2D eigenvalue weighted by molar-refractivity contribution is 0.0677. The van der Waals surface area contributed by atoms with E-state index in [4.69, 9.17) is 0 Å². The molecule has 1 unspecified atom stereocenters. The van der Waals surface area contributed by atoms with Gasteiger partial charge in [0.15, 0.2) is 0 Å². The molecule has 2 aromatic carbocycles. The van der Waals surface area contributed by atoms with Gasteiger partial charge >= 0.3 is 6.03 Å². The molecule has 166 valence electrons. The molecule has 2 N–H and O–H groups in total. The van der Waals surface area contributed by atoms with Crippen molar-refractivity contribution in [3.05, 3.63) is 71.2 Å². The normalized spacial score (nSPS) is 16.1. The van der Waals surface area contributed by atoms with Gasteiger partial charge in [-0.25, -0.2) is 9.18 Å². The van der Waals surface area contributed by atoms with Crippen LogP contribution in [-0.2, 0) is 0 Å². The number of carbonyl (C=O) groups excluding carboxylic acids is 2. The summed E-state index contributed by atoms with van der Waals surface area (Å²) in [7, 11) is 0. The lowest BCUT2D eigenvalue weighted by atomic mass is 9.96. The standard InChI is InChI=1S/C25H27FN4O2/c1-16-5-8-20(9-6-16)29-25(32)27-14-18-4-3-11-30(15-18)24(31)22-12-17(2)28-23-13-19(26)7-10-21(22)23/h5-10,12-13,18H,3-4,11,14-15H2,1-2H3,(H2,27,29,32). The summed E-state index contributed by atoms with van der Waals surface area (Å²) in [6.45, 7) is 5.51. The number of benzene rings is 2. The predicted molar refractivity (Wildman–Crippen MR) is 123 cm³/mol. The molecule has 4 rings (SSSR count). The Kier molecular flexibility index (Phi) is 6.35. The minimum atomic E-state index is -0.373. The van der Waals surface area contributed by atoms with Crippen LogP contribution in [0.25, 0.3) is 10.9 Å². The molecule has 1 aromatic heterocycles. The Bertz CT molecular complexity index is 1140. The van der Waals surface area contributed by atoms with E-state index >= 15 is 0 Å². The van der Waals surface area contributed by atoms with Crippen molar-refractivity contribution in [3.8, 4) is 0 Å². The number of pyridine rings is 1. The molecule has 7 heteroatoms. The van der Waals surface area contributed by atoms with Gasteiger partial charge in [-0.05, 0) is 62.9 Å². The van der Waals surface area contributed by atoms with E-state index in [9.17, 15) is 14.0 Å². The maximum absolute atomic E-state index is 13.6. The third-order valence-electron chi connectivity index (χ3n) is 5.80. The molecule has 3 aromatic rings. The summed E-state index contributed by atoms with van der Waals surface area (Å²) >= 11 is 0. The van der Waals surface area contributed by atoms with Gasteiger partial charge in [0.1, 0.15) is 5.82 Å². The lowest BCUT2D eigenvalue weighted by Gasteiger charge is -2.33. The number of anilines is 1. The average molecular weight is 435 g/mol. The fourth-order valence-corrected chi connectivity index (χ4v) is 4.15. The Hall–Kier alpha value is -3.48. The summed E-state index contributed by atoms with van der Waals surface area (Å²) in [6.07, 6.45) is 1.81. The van der Waals surface area contributed by atoms with Gasteiger partial charge in [-0.2, -0.15) is 0 Å². The maximum Gasteiger partial charge on any atom is 0.319 e. The zero-order valence-corrected chi connectivity index (χ0v) is 18.3. The van der Waals surface area contributed by atoms with Crippen LogP contribution in [0.1, 0.15) is 34.5 Å². The highest BCUT2D eigenvalue weighted by Gasteiger charge is 2.26. The van der Waals surface area contributed by atoms with Crippen LogP contribution in [0.2, 0.25) is 0 Å². The number of nitrogens with one attached hydrogen (secondary N) is 2. The quantitative estimate of drug-likeness (QED) is 0.627. The number of aryl methyl sites for hydroxylation is 2. The highest BCUT2D eigenvalue weighted by atomic mass is 19.1. The van der Waals surface area contributed by atoms with Gasteiger partial charge in [0.2, 0.25) is 0 Å². The minimum absolute atomic E-state index is 0.0825. The summed E-state index contributed by atoms with van der Waals surface area (Å²) in [4.78, 5) is 31.7. The number of urea groups is 1. The molecule has 1 aliphatic heterocycles. The van der Waals surface area contributed by atoms with E-state index in [-0.39, 0.29) is 23.7 Å². The molecule has 0 radical (unpaired) electrons. The SMILES string of the molecule is Cc1ccc(NC(=O)NCC2CCCN(C(=O)c3cc(C)nc4cc(F)ccc34)C2)cc1. The summed E-state index contributed by atoms with van der Waals surface area (Å²) in [5.41, 5.74) is 3.57. The average Bonchev–Trinajstić information content (AvgIpc) is 2.78. The molecule has 0 aliphatic carbocycles. The number of fused-ring (bicyclic) bond motifs is 1. The molecule has 0 spiro atoms. The first-order chi connectivity index (χ1) is 15.4. The summed E-state index contributed by atoms with van der Waals surface area (Å²) in [5.74, 6) is -0.286. The van der Waals surface area contributed by atoms with Crippen molar-refractivity contribution in [2.24, 2.45) is 5.92 Å². The van der Waals surface area contributed by atoms with Gasteiger partial charge in [0.25, 0.3) is 5.91 Å². The molecule has 0 bridgehead atoms. The van der Waals surface area contributed by atoms with Gasteiger partial charge in [-0.3, -0.25) is 9.78 Å². The zero-order chi connectivity index (χ0) is 22.7. The van der Waals surface area contributed by atoms with Gasteiger partial charge in [0, 0.05) is 42.5 Å². The first-order valence-corrected chi connectivity index (χ1v) is 10.9. The largest absolute Gasteiger partial charge is 0.338 e. The van der Waals surface area contributed by atoms with Crippen LogP contribution in [0.3, 0.4) is 0 Å². The van der Waals surface area contributed by atoms with Crippen LogP contribution in [-0.4, -0.2) is 41.5 Å². The van der Waals surface area contributed by atoms with Crippen molar-refractivity contribution in [3.63, 3.8) is 0 Å². The van der Waals surface area contributed by atoms with E-state index in [2.05, 4.69) is 15.6 Å². The van der Waals surface area contributed by atoms with E-state index in [0.29, 0.717) is 41.8 Å². The Balaban J connectivity index is 1.39. The number of likely N-dealkylation sites (tertiary alicyclic amines) is 1. The van der Waals surface area contributed by atoms with Crippen LogP contribution in [0.15, 0.2) is 48.5 Å². The van der Waals surface area contributed by atoms with Gasteiger partial charge < -0.3 is 15.5 Å². The molecular weight excluding hydrogens is 407 g/mol. The predicted octanol–water partition coefficient (Wildman–Crippen LogP) is 4.66. The van der Waals surface area contributed by atoms with Crippen LogP contribution in [0.4, 0.5) is 14.9 Å². The Morgan fingerprint density at radius 2 is 1.91 bits per heavy atom. The molecule has 32 heavy (non-hydrogen) atoms. The van der Waals surface area contributed by atoms with Gasteiger partial charge in [-0.15, -0.1) is 0 Å². The van der Waals surface area contributed by atoms with Crippen LogP contribution in [0.5, 0.6) is 0 Å². The van der Waals surface area contributed by atoms with E-state index < -0.39 is 0 Å². The zero-order valence-electron chi connectivity index (χ0n) is 18.3. The number of nitrogens with zero attached hydrogens (tertiary/aromatic N) is 2. The van der Waals surface area contributed by atoms with E-state index in [0.717, 1.165) is 24.1 Å². The smallest absolute Gasteiger partial charge is 0.319 e. The molecule has 1 atom stereocenters. The summed E-state index contributed by atoms with van der Waals surface area (Å²) < 4.78 is 13.6.